The summed E-state index contributed by atoms with van der Waals surface area (Å²) in [4.78, 5) is 14.5. The van der Waals surface area contributed by atoms with Gasteiger partial charge < -0.3 is 15.8 Å². The molecule has 1 amide bonds. The molecule has 3 N–H and O–H groups in total. The van der Waals surface area contributed by atoms with Gasteiger partial charge in [0, 0.05) is 37.4 Å². The highest BCUT2D eigenvalue weighted by molar-refractivity contribution is 5.94. The summed E-state index contributed by atoms with van der Waals surface area (Å²) < 4.78 is 5.37. The van der Waals surface area contributed by atoms with Gasteiger partial charge in [-0.25, -0.2) is 0 Å². The van der Waals surface area contributed by atoms with Crippen LogP contribution in [0.5, 0.6) is 0 Å². The highest BCUT2D eigenvalue weighted by atomic mass is 35.5. The van der Waals surface area contributed by atoms with Gasteiger partial charge in [0.05, 0.1) is 13.2 Å². The van der Waals surface area contributed by atoms with Crippen molar-refractivity contribution in [2.24, 2.45) is 0 Å². The van der Waals surface area contributed by atoms with E-state index in [1.165, 1.54) is 5.56 Å². The molecule has 26 heavy (non-hydrogen) atoms. The molecule has 0 aliphatic carbocycles. The number of carbonyl (C=O) groups excluding carboxylic acids is 1. The lowest BCUT2D eigenvalue weighted by atomic mass is 10.1. The summed E-state index contributed by atoms with van der Waals surface area (Å²) in [7, 11) is 0. The average Bonchev–Trinajstić information content (AvgIpc) is 2.62. The smallest absolute Gasteiger partial charge is 0.251 e. The number of hydrogen-bond acceptors (Lipinski definition) is 4. The number of anilines is 1. The van der Waals surface area contributed by atoms with Crippen molar-refractivity contribution in [3.63, 3.8) is 0 Å². The van der Waals surface area contributed by atoms with Crippen molar-refractivity contribution in [1.29, 1.82) is 0 Å². The molecule has 0 saturated carbocycles. The summed E-state index contributed by atoms with van der Waals surface area (Å²) in [5.74, 6) is -0.111. The maximum atomic E-state index is 12.1. The van der Waals surface area contributed by atoms with Gasteiger partial charge in [0.25, 0.3) is 5.91 Å². The fourth-order valence-electron chi connectivity index (χ4n) is 2.74. The second-order valence-electron chi connectivity index (χ2n) is 6.01. The van der Waals surface area contributed by atoms with Crippen molar-refractivity contribution >= 4 is 36.4 Å². The molecule has 5 nitrogen and oxygen atoms in total. The molecule has 0 atom stereocenters. The van der Waals surface area contributed by atoms with Crippen LogP contribution >= 0.6 is 24.8 Å². The van der Waals surface area contributed by atoms with Crippen molar-refractivity contribution in [2.75, 3.05) is 32.0 Å². The second-order valence-corrected chi connectivity index (χ2v) is 6.01. The molecule has 1 heterocycles. The molecular formula is C19H25Cl2N3O2. The van der Waals surface area contributed by atoms with E-state index < -0.39 is 0 Å². The standard InChI is InChI=1S/C19H23N3O2.2ClH/c20-18-3-1-2-17(12-18)19(23)21-13-15-4-6-16(7-5-15)14-22-8-10-24-11-9-22;;/h1-7,12H,8-11,13-14,20H2,(H,21,23);2*1H. The van der Waals surface area contributed by atoms with Crippen molar-refractivity contribution in [3.8, 4) is 0 Å². The summed E-state index contributed by atoms with van der Waals surface area (Å²) in [6.07, 6.45) is 0. The lowest BCUT2D eigenvalue weighted by Crippen LogP contribution is -2.35. The normalized spacial score (nSPS) is 14.0. The molecule has 2 aromatic rings. The van der Waals surface area contributed by atoms with E-state index in [-0.39, 0.29) is 30.7 Å². The van der Waals surface area contributed by atoms with Crippen LogP contribution in [0.25, 0.3) is 0 Å². The van der Waals surface area contributed by atoms with Crippen LogP contribution in [-0.4, -0.2) is 37.1 Å². The third-order valence-electron chi connectivity index (χ3n) is 4.13. The van der Waals surface area contributed by atoms with Gasteiger partial charge in [0.15, 0.2) is 0 Å². The first kappa shape index (κ1) is 22.3. The van der Waals surface area contributed by atoms with Crippen molar-refractivity contribution in [2.45, 2.75) is 13.1 Å². The highest BCUT2D eigenvalue weighted by Gasteiger charge is 2.10. The highest BCUT2D eigenvalue weighted by Crippen LogP contribution is 2.10. The molecule has 1 fully saturated rings. The molecular weight excluding hydrogens is 373 g/mol. The van der Waals surface area contributed by atoms with Crippen LogP contribution in [0.15, 0.2) is 48.5 Å². The minimum atomic E-state index is -0.111. The topological polar surface area (TPSA) is 67.6 Å². The number of nitrogens with two attached hydrogens (primary N) is 1. The minimum absolute atomic E-state index is 0. The lowest BCUT2D eigenvalue weighted by molar-refractivity contribution is 0.0342. The van der Waals surface area contributed by atoms with E-state index in [4.69, 9.17) is 10.5 Å². The number of ether oxygens (including phenoxy) is 1. The second kappa shape index (κ2) is 11.0. The Bertz CT molecular complexity index is 689. The van der Waals surface area contributed by atoms with Gasteiger partial charge in [-0.3, -0.25) is 9.69 Å². The third kappa shape index (κ3) is 6.50. The minimum Gasteiger partial charge on any atom is -0.399 e. The SMILES string of the molecule is Cl.Cl.Nc1cccc(C(=O)NCc2ccc(CN3CCOCC3)cc2)c1. The van der Waals surface area contributed by atoms with Gasteiger partial charge in [0.1, 0.15) is 0 Å². The number of nitrogens with zero attached hydrogens (tertiary/aromatic N) is 1. The van der Waals surface area contributed by atoms with Crippen LogP contribution < -0.4 is 11.1 Å². The van der Waals surface area contributed by atoms with E-state index in [2.05, 4.69) is 34.5 Å². The third-order valence-corrected chi connectivity index (χ3v) is 4.13. The Morgan fingerprint density at radius 2 is 1.69 bits per heavy atom. The molecule has 3 rings (SSSR count). The number of nitrogens with one attached hydrogen (secondary N) is 1. The van der Waals surface area contributed by atoms with E-state index in [1.807, 2.05) is 0 Å². The maximum Gasteiger partial charge on any atom is 0.251 e. The van der Waals surface area contributed by atoms with E-state index in [0.29, 0.717) is 17.8 Å². The fraction of sp³-hybridized carbons (Fsp3) is 0.316. The summed E-state index contributed by atoms with van der Waals surface area (Å²) in [6.45, 7) is 5.04. The lowest BCUT2D eigenvalue weighted by Gasteiger charge is -2.26. The van der Waals surface area contributed by atoms with Gasteiger partial charge in [-0.1, -0.05) is 30.3 Å². The zero-order valence-electron chi connectivity index (χ0n) is 14.5. The molecule has 2 aromatic carbocycles. The number of amides is 1. The number of rotatable bonds is 5. The first-order chi connectivity index (χ1) is 11.7. The van der Waals surface area contributed by atoms with Crippen molar-refractivity contribution < 1.29 is 9.53 Å². The molecule has 1 aliphatic rings. The van der Waals surface area contributed by atoms with Gasteiger partial charge in [-0.15, -0.1) is 24.8 Å². The zero-order chi connectivity index (χ0) is 16.8. The predicted octanol–water partition coefficient (Wildman–Crippen LogP) is 2.87. The monoisotopic (exact) mass is 397 g/mol. The van der Waals surface area contributed by atoms with Crippen LogP contribution in [0.1, 0.15) is 21.5 Å². The number of carbonyl (C=O) groups is 1. The van der Waals surface area contributed by atoms with E-state index in [1.54, 1.807) is 24.3 Å². The quantitative estimate of drug-likeness (QED) is 0.761. The van der Waals surface area contributed by atoms with E-state index >= 15 is 0 Å². The Balaban J connectivity index is 0.00000169. The molecule has 1 aliphatic heterocycles. The largest absolute Gasteiger partial charge is 0.399 e. The Hall–Kier alpha value is -1.79. The summed E-state index contributed by atoms with van der Waals surface area (Å²) in [6, 6.07) is 15.4. The Morgan fingerprint density at radius 3 is 2.35 bits per heavy atom. The Morgan fingerprint density at radius 1 is 1.04 bits per heavy atom. The predicted molar refractivity (Wildman–Crippen MR) is 109 cm³/mol. The molecule has 0 aromatic heterocycles. The average molecular weight is 398 g/mol. The molecule has 0 bridgehead atoms. The molecule has 0 unspecified atom stereocenters. The Labute approximate surface area is 166 Å². The van der Waals surface area contributed by atoms with Gasteiger partial charge in [-0.2, -0.15) is 0 Å². The fourth-order valence-corrected chi connectivity index (χ4v) is 2.74. The van der Waals surface area contributed by atoms with Crippen molar-refractivity contribution in [1.82, 2.24) is 10.2 Å². The van der Waals surface area contributed by atoms with Crippen molar-refractivity contribution in [3.05, 3.63) is 65.2 Å². The van der Waals surface area contributed by atoms with Crippen LogP contribution in [0.4, 0.5) is 5.69 Å². The zero-order valence-corrected chi connectivity index (χ0v) is 16.2. The number of benzene rings is 2. The first-order valence-corrected chi connectivity index (χ1v) is 8.22. The van der Waals surface area contributed by atoms with Gasteiger partial charge in [0.2, 0.25) is 0 Å². The maximum absolute atomic E-state index is 12.1. The number of morpholine rings is 1. The van der Waals surface area contributed by atoms with Gasteiger partial charge in [-0.05, 0) is 29.3 Å². The van der Waals surface area contributed by atoms with Crippen LogP contribution in [0, 0.1) is 0 Å². The van der Waals surface area contributed by atoms with Gasteiger partial charge >= 0.3 is 0 Å². The van der Waals surface area contributed by atoms with E-state index in [0.717, 1.165) is 38.4 Å². The molecule has 7 heteroatoms. The van der Waals surface area contributed by atoms with Crippen LogP contribution in [-0.2, 0) is 17.8 Å². The first-order valence-electron chi connectivity index (χ1n) is 8.22. The molecule has 142 valence electrons. The molecule has 0 radical (unpaired) electrons. The number of hydrogen-bond donors (Lipinski definition) is 2. The molecule has 1 saturated heterocycles. The van der Waals surface area contributed by atoms with E-state index in [9.17, 15) is 4.79 Å². The molecule has 0 spiro atoms. The summed E-state index contributed by atoms with van der Waals surface area (Å²) >= 11 is 0. The van der Waals surface area contributed by atoms with Crippen LogP contribution in [0.2, 0.25) is 0 Å². The summed E-state index contributed by atoms with van der Waals surface area (Å²) in [5, 5.41) is 2.92. The Kier molecular flexibility index (Phi) is 9.44. The summed E-state index contributed by atoms with van der Waals surface area (Å²) in [5.41, 5.74) is 9.24. The number of nitrogen functional groups attached to an aromatic ring is 1. The van der Waals surface area contributed by atoms with Crippen LogP contribution in [0.3, 0.4) is 0 Å². The number of halogens is 2.